The molecule has 0 aliphatic heterocycles. The Morgan fingerprint density at radius 2 is 1.91 bits per heavy atom. The highest BCUT2D eigenvalue weighted by atomic mass is 79.9. The highest BCUT2D eigenvalue weighted by Crippen LogP contribution is 2.18. The molecule has 1 aromatic rings. The van der Waals surface area contributed by atoms with Crippen LogP contribution in [0, 0.1) is 6.92 Å². The number of hydrogen-bond acceptors (Lipinski definition) is 2. The van der Waals surface area contributed by atoms with E-state index in [4.69, 9.17) is 0 Å². The summed E-state index contributed by atoms with van der Waals surface area (Å²) in [5, 5.41) is 4.24. The standard InChI is InChI=1S/C7H12BrN3/c1-5-9-6(8)11(10-5)7(2,3)4/h1-4H3. The van der Waals surface area contributed by atoms with Crippen molar-refractivity contribution in [3.63, 3.8) is 0 Å². The molecule has 1 aromatic heterocycles. The van der Waals surface area contributed by atoms with Crippen LogP contribution in [-0.2, 0) is 5.54 Å². The lowest BCUT2D eigenvalue weighted by atomic mass is 10.1. The minimum atomic E-state index is 0.0000926. The van der Waals surface area contributed by atoms with Crippen LogP contribution >= 0.6 is 15.9 Å². The van der Waals surface area contributed by atoms with Crippen molar-refractivity contribution >= 4 is 15.9 Å². The first-order valence-corrected chi connectivity index (χ1v) is 4.30. The van der Waals surface area contributed by atoms with E-state index in [1.54, 1.807) is 0 Å². The number of nitrogens with zero attached hydrogens (tertiary/aromatic N) is 3. The number of aryl methyl sites for hydroxylation is 1. The third-order valence-corrected chi connectivity index (χ3v) is 1.82. The molecule has 0 atom stereocenters. The highest BCUT2D eigenvalue weighted by molar-refractivity contribution is 9.10. The molecule has 3 nitrogen and oxygen atoms in total. The summed E-state index contributed by atoms with van der Waals surface area (Å²) in [5.74, 6) is 0.798. The first-order valence-electron chi connectivity index (χ1n) is 3.51. The molecule has 0 unspecified atom stereocenters. The first kappa shape index (κ1) is 8.71. The van der Waals surface area contributed by atoms with Crippen molar-refractivity contribution in [3.05, 3.63) is 10.6 Å². The van der Waals surface area contributed by atoms with E-state index in [0.717, 1.165) is 10.6 Å². The van der Waals surface area contributed by atoms with Gasteiger partial charge in [0.25, 0.3) is 0 Å². The molecule has 1 heterocycles. The summed E-state index contributed by atoms with van der Waals surface area (Å²) in [6.45, 7) is 8.15. The third-order valence-electron chi connectivity index (χ3n) is 1.31. The van der Waals surface area contributed by atoms with E-state index in [0.29, 0.717) is 0 Å². The number of halogens is 1. The summed E-state index contributed by atoms with van der Waals surface area (Å²) in [4.78, 5) is 4.15. The number of hydrogen-bond donors (Lipinski definition) is 0. The Bertz CT molecular complexity index is 259. The summed E-state index contributed by atoms with van der Waals surface area (Å²) in [5.41, 5.74) is 0.0000926. The second kappa shape index (κ2) is 2.59. The van der Waals surface area contributed by atoms with Crippen LogP contribution in [0.3, 0.4) is 0 Å². The molecule has 0 saturated carbocycles. The summed E-state index contributed by atoms with van der Waals surface area (Å²) in [6, 6.07) is 0. The van der Waals surface area contributed by atoms with Gasteiger partial charge < -0.3 is 0 Å². The fraction of sp³-hybridized carbons (Fsp3) is 0.714. The zero-order valence-electron chi connectivity index (χ0n) is 7.22. The van der Waals surface area contributed by atoms with Gasteiger partial charge in [0.05, 0.1) is 5.54 Å². The maximum Gasteiger partial charge on any atom is 0.195 e. The van der Waals surface area contributed by atoms with Gasteiger partial charge in [-0.3, -0.25) is 0 Å². The predicted molar refractivity (Wildman–Crippen MR) is 47.5 cm³/mol. The number of aromatic nitrogens is 3. The van der Waals surface area contributed by atoms with Crippen LogP contribution < -0.4 is 0 Å². The van der Waals surface area contributed by atoms with Crippen molar-refractivity contribution in [1.82, 2.24) is 14.8 Å². The van der Waals surface area contributed by atoms with Gasteiger partial charge in [-0.15, -0.1) is 0 Å². The van der Waals surface area contributed by atoms with Gasteiger partial charge >= 0.3 is 0 Å². The van der Waals surface area contributed by atoms with Gasteiger partial charge in [-0.25, -0.2) is 9.67 Å². The van der Waals surface area contributed by atoms with E-state index in [9.17, 15) is 0 Å². The van der Waals surface area contributed by atoms with Gasteiger partial charge in [0.15, 0.2) is 4.73 Å². The summed E-state index contributed by atoms with van der Waals surface area (Å²) >= 11 is 3.34. The molecule has 1 rings (SSSR count). The molecule has 4 heteroatoms. The molecule has 0 amide bonds. The third kappa shape index (κ3) is 1.80. The Hall–Kier alpha value is -0.380. The number of rotatable bonds is 0. The molecule has 0 spiro atoms. The van der Waals surface area contributed by atoms with E-state index in [1.165, 1.54) is 0 Å². The van der Waals surface area contributed by atoms with E-state index in [1.807, 2.05) is 11.6 Å². The van der Waals surface area contributed by atoms with Crippen LogP contribution in [0.5, 0.6) is 0 Å². The van der Waals surface area contributed by atoms with E-state index >= 15 is 0 Å². The van der Waals surface area contributed by atoms with Gasteiger partial charge in [0.2, 0.25) is 0 Å². The molecule has 0 fully saturated rings. The normalized spacial score (nSPS) is 12.1. The van der Waals surface area contributed by atoms with Gasteiger partial charge in [-0.05, 0) is 43.6 Å². The Morgan fingerprint density at radius 3 is 2.09 bits per heavy atom. The summed E-state index contributed by atoms with van der Waals surface area (Å²) in [6.07, 6.45) is 0. The minimum Gasteiger partial charge on any atom is -0.235 e. The summed E-state index contributed by atoms with van der Waals surface area (Å²) < 4.78 is 2.66. The average Bonchev–Trinajstić information content (AvgIpc) is 2.08. The zero-order chi connectivity index (χ0) is 8.65. The minimum absolute atomic E-state index is 0.0000926. The first-order chi connectivity index (χ1) is 4.91. The Morgan fingerprint density at radius 1 is 1.36 bits per heavy atom. The quantitative estimate of drug-likeness (QED) is 0.667. The maximum absolute atomic E-state index is 4.24. The molecule has 0 aliphatic rings. The van der Waals surface area contributed by atoms with Gasteiger partial charge in [0, 0.05) is 0 Å². The SMILES string of the molecule is Cc1nc(Br)n(C(C)(C)C)n1. The van der Waals surface area contributed by atoms with Crippen LogP contribution in [0.4, 0.5) is 0 Å². The predicted octanol–water partition coefficient (Wildman–Crippen LogP) is 2.10. The molecule has 0 aliphatic carbocycles. The lowest BCUT2D eigenvalue weighted by molar-refractivity contribution is 0.346. The van der Waals surface area contributed by atoms with E-state index < -0.39 is 0 Å². The van der Waals surface area contributed by atoms with Crippen LogP contribution in [0.1, 0.15) is 26.6 Å². The van der Waals surface area contributed by atoms with Gasteiger partial charge in [-0.1, -0.05) is 0 Å². The monoisotopic (exact) mass is 217 g/mol. The smallest absolute Gasteiger partial charge is 0.195 e. The van der Waals surface area contributed by atoms with Crippen LogP contribution in [0.15, 0.2) is 4.73 Å². The van der Waals surface area contributed by atoms with Crippen molar-refractivity contribution in [1.29, 1.82) is 0 Å². The van der Waals surface area contributed by atoms with Crippen molar-refractivity contribution in [3.8, 4) is 0 Å². The summed E-state index contributed by atoms with van der Waals surface area (Å²) in [7, 11) is 0. The maximum atomic E-state index is 4.24. The van der Waals surface area contributed by atoms with Gasteiger partial charge in [0.1, 0.15) is 5.82 Å². The topological polar surface area (TPSA) is 30.7 Å². The largest absolute Gasteiger partial charge is 0.235 e. The van der Waals surface area contributed by atoms with Crippen molar-refractivity contribution in [2.75, 3.05) is 0 Å². The fourth-order valence-electron chi connectivity index (χ4n) is 0.816. The van der Waals surface area contributed by atoms with Crippen LogP contribution in [0.25, 0.3) is 0 Å². The fourth-order valence-corrected chi connectivity index (χ4v) is 1.68. The lowest BCUT2D eigenvalue weighted by Crippen LogP contribution is -2.23. The Kier molecular flexibility index (Phi) is 2.05. The lowest BCUT2D eigenvalue weighted by Gasteiger charge is -2.18. The average molecular weight is 218 g/mol. The molecule has 0 aromatic carbocycles. The second-order valence-electron chi connectivity index (χ2n) is 3.51. The molecule has 0 bridgehead atoms. The molecular weight excluding hydrogens is 206 g/mol. The molecule has 0 radical (unpaired) electrons. The van der Waals surface area contributed by atoms with E-state index in [-0.39, 0.29) is 5.54 Å². The molecule has 62 valence electrons. The van der Waals surface area contributed by atoms with Crippen LogP contribution in [-0.4, -0.2) is 14.8 Å². The molecule has 0 N–H and O–H groups in total. The van der Waals surface area contributed by atoms with Crippen molar-refractivity contribution in [2.45, 2.75) is 33.2 Å². The zero-order valence-corrected chi connectivity index (χ0v) is 8.81. The Balaban J connectivity index is 3.13. The van der Waals surface area contributed by atoms with E-state index in [2.05, 4.69) is 46.8 Å². The molecular formula is C7H12BrN3. The molecule has 11 heavy (non-hydrogen) atoms. The van der Waals surface area contributed by atoms with Crippen molar-refractivity contribution < 1.29 is 0 Å². The van der Waals surface area contributed by atoms with Crippen LogP contribution in [0.2, 0.25) is 0 Å². The highest BCUT2D eigenvalue weighted by Gasteiger charge is 2.17. The van der Waals surface area contributed by atoms with Crippen molar-refractivity contribution in [2.24, 2.45) is 0 Å². The second-order valence-corrected chi connectivity index (χ2v) is 4.22. The Labute approximate surface area is 75.0 Å². The van der Waals surface area contributed by atoms with Gasteiger partial charge in [-0.2, -0.15) is 5.10 Å². The molecule has 0 saturated heterocycles.